The Labute approximate surface area is 105 Å². The van der Waals surface area contributed by atoms with E-state index in [2.05, 4.69) is 5.32 Å². The van der Waals surface area contributed by atoms with Crippen LogP contribution >= 0.6 is 12.2 Å². The molecule has 1 aromatic rings. The summed E-state index contributed by atoms with van der Waals surface area (Å²) in [7, 11) is 0. The second-order valence-electron chi connectivity index (χ2n) is 3.91. The molecule has 0 saturated heterocycles. The lowest BCUT2D eigenvalue weighted by atomic mass is 10.1. The first-order valence-electron chi connectivity index (χ1n) is 5.30. The molecular formula is C12H15FN2OS. The maximum Gasteiger partial charge on any atom is 0.224 e. The van der Waals surface area contributed by atoms with Gasteiger partial charge in [-0.25, -0.2) is 4.39 Å². The van der Waals surface area contributed by atoms with Crippen LogP contribution in [0.15, 0.2) is 24.3 Å². The van der Waals surface area contributed by atoms with Crippen molar-refractivity contribution >= 4 is 23.1 Å². The summed E-state index contributed by atoms with van der Waals surface area (Å²) in [6.07, 6.45) is 0.465. The smallest absolute Gasteiger partial charge is 0.224 e. The van der Waals surface area contributed by atoms with Crippen LogP contribution in [0, 0.1) is 5.82 Å². The van der Waals surface area contributed by atoms with Gasteiger partial charge in [0.25, 0.3) is 0 Å². The van der Waals surface area contributed by atoms with E-state index in [0.717, 1.165) is 0 Å². The molecule has 1 amide bonds. The third-order valence-electron chi connectivity index (χ3n) is 2.22. The van der Waals surface area contributed by atoms with Gasteiger partial charge >= 0.3 is 0 Å². The molecule has 0 aromatic heterocycles. The predicted octanol–water partition coefficient (Wildman–Crippen LogP) is 1.55. The Morgan fingerprint density at radius 2 is 2.18 bits per heavy atom. The van der Waals surface area contributed by atoms with Crippen LogP contribution in [-0.2, 0) is 11.2 Å². The topological polar surface area (TPSA) is 55.1 Å². The number of rotatable bonds is 5. The van der Waals surface area contributed by atoms with Gasteiger partial charge in [-0.05, 0) is 18.6 Å². The lowest BCUT2D eigenvalue weighted by Crippen LogP contribution is -2.36. The molecule has 1 aromatic carbocycles. The quantitative estimate of drug-likeness (QED) is 0.784. The number of halogens is 1. The predicted molar refractivity (Wildman–Crippen MR) is 69.1 cm³/mol. The Morgan fingerprint density at radius 3 is 2.76 bits per heavy atom. The Bertz CT molecular complexity index is 423. The fourth-order valence-corrected chi connectivity index (χ4v) is 1.74. The summed E-state index contributed by atoms with van der Waals surface area (Å²) in [4.78, 5) is 11.9. The van der Waals surface area contributed by atoms with E-state index in [1.807, 2.05) is 0 Å². The summed E-state index contributed by atoms with van der Waals surface area (Å²) in [5.74, 6) is -0.608. The summed E-state index contributed by atoms with van der Waals surface area (Å²) in [5.41, 5.74) is 5.75. The van der Waals surface area contributed by atoms with E-state index in [0.29, 0.717) is 17.0 Å². The number of benzene rings is 1. The van der Waals surface area contributed by atoms with Crippen LogP contribution in [0.5, 0.6) is 0 Å². The molecule has 3 N–H and O–H groups in total. The highest BCUT2D eigenvalue weighted by Crippen LogP contribution is 2.07. The van der Waals surface area contributed by atoms with E-state index in [4.69, 9.17) is 18.0 Å². The average molecular weight is 254 g/mol. The van der Waals surface area contributed by atoms with Crippen molar-refractivity contribution in [1.29, 1.82) is 0 Å². The molecule has 0 heterocycles. The van der Waals surface area contributed by atoms with E-state index < -0.39 is 0 Å². The molecular weight excluding hydrogens is 239 g/mol. The number of nitrogens with two attached hydrogens (primary N) is 1. The molecule has 92 valence electrons. The van der Waals surface area contributed by atoms with E-state index in [-0.39, 0.29) is 24.2 Å². The van der Waals surface area contributed by atoms with Crippen molar-refractivity contribution in [3.05, 3.63) is 35.6 Å². The van der Waals surface area contributed by atoms with E-state index >= 15 is 0 Å². The highest BCUT2D eigenvalue weighted by molar-refractivity contribution is 7.80. The number of nitrogens with one attached hydrogen (secondary N) is 1. The second-order valence-corrected chi connectivity index (χ2v) is 4.43. The van der Waals surface area contributed by atoms with Crippen LogP contribution in [-0.4, -0.2) is 16.9 Å². The molecule has 0 aliphatic carbocycles. The summed E-state index contributed by atoms with van der Waals surface area (Å²) >= 11 is 4.74. The van der Waals surface area contributed by atoms with Crippen molar-refractivity contribution in [2.45, 2.75) is 25.8 Å². The number of amides is 1. The van der Waals surface area contributed by atoms with Gasteiger partial charge in [-0.3, -0.25) is 4.79 Å². The Kier molecular flexibility index (Phi) is 5.03. The maximum absolute atomic E-state index is 13.3. The monoisotopic (exact) mass is 254 g/mol. The summed E-state index contributed by atoms with van der Waals surface area (Å²) in [5, 5.41) is 2.71. The molecule has 3 nitrogen and oxygen atoms in total. The number of hydrogen-bond donors (Lipinski definition) is 2. The zero-order valence-corrected chi connectivity index (χ0v) is 10.4. The molecule has 0 aliphatic rings. The first-order chi connectivity index (χ1) is 7.99. The highest BCUT2D eigenvalue weighted by atomic mass is 32.1. The van der Waals surface area contributed by atoms with Crippen LogP contribution in [0.3, 0.4) is 0 Å². The number of hydrogen-bond acceptors (Lipinski definition) is 2. The van der Waals surface area contributed by atoms with E-state index in [9.17, 15) is 9.18 Å². The van der Waals surface area contributed by atoms with Crippen molar-refractivity contribution in [3.8, 4) is 0 Å². The van der Waals surface area contributed by atoms with Crippen molar-refractivity contribution in [3.63, 3.8) is 0 Å². The molecule has 0 saturated carbocycles. The summed E-state index contributed by atoms with van der Waals surface area (Å²) < 4.78 is 13.3. The SMILES string of the molecule is CC(CC(N)=S)NC(=O)Cc1ccccc1F. The Balaban J connectivity index is 2.50. The summed E-state index contributed by atoms with van der Waals surface area (Å²) in [6, 6.07) is 6.08. The zero-order chi connectivity index (χ0) is 12.8. The number of thiocarbonyl (C=S) groups is 1. The van der Waals surface area contributed by atoms with Crippen molar-refractivity contribution in [2.75, 3.05) is 0 Å². The first-order valence-corrected chi connectivity index (χ1v) is 5.71. The molecule has 0 bridgehead atoms. The standard InChI is InChI=1S/C12H15FN2OS/c1-8(6-11(14)17)15-12(16)7-9-4-2-3-5-10(9)13/h2-5,8H,6-7H2,1H3,(H2,14,17)(H,15,16). The minimum Gasteiger partial charge on any atom is -0.393 e. The molecule has 1 rings (SSSR count). The van der Waals surface area contributed by atoms with Crippen LogP contribution in [0.4, 0.5) is 4.39 Å². The molecule has 0 aliphatic heterocycles. The van der Waals surface area contributed by atoms with Crippen LogP contribution in [0.2, 0.25) is 0 Å². The van der Waals surface area contributed by atoms with Crippen LogP contribution in [0.25, 0.3) is 0 Å². The minimum absolute atomic E-state index is 0.0222. The molecule has 1 unspecified atom stereocenters. The lowest BCUT2D eigenvalue weighted by Gasteiger charge is -2.13. The van der Waals surface area contributed by atoms with Gasteiger partial charge in [0.2, 0.25) is 5.91 Å². The summed E-state index contributed by atoms with van der Waals surface area (Å²) in [6.45, 7) is 1.80. The van der Waals surface area contributed by atoms with Gasteiger partial charge in [-0.1, -0.05) is 30.4 Å². The molecule has 1 atom stereocenters. The lowest BCUT2D eigenvalue weighted by molar-refractivity contribution is -0.121. The normalized spacial score (nSPS) is 11.9. The van der Waals surface area contributed by atoms with Crippen molar-refractivity contribution < 1.29 is 9.18 Å². The molecule has 0 fully saturated rings. The highest BCUT2D eigenvalue weighted by Gasteiger charge is 2.11. The minimum atomic E-state index is -0.371. The van der Waals surface area contributed by atoms with Gasteiger partial charge in [0.05, 0.1) is 11.4 Å². The van der Waals surface area contributed by atoms with Gasteiger partial charge in [0.1, 0.15) is 5.82 Å². The van der Waals surface area contributed by atoms with Crippen molar-refractivity contribution in [2.24, 2.45) is 5.73 Å². The largest absolute Gasteiger partial charge is 0.393 e. The van der Waals surface area contributed by atoms with Gasteiger partial charge < -0.3 is 11.1 Å². The van der Waals surface area contributed by atoms with Crippen molar-refractivity contribution in [1.82, 2.24) is 5.32 Å². The zero-order valence-electron chi connectivity index (χ0n) is 9.57. The van der Waals surface area contributed by atoms with Crippen LogP contribution < -0.4 is 11.1 Å². The maximum atomic E-state index is 13.3. The molecule has 0 spiro atoms. The number of carbonyl (C=O) groups excluding carboxylic acids is 1. The third-order valence-corrected chi connectivity index (χ3v) is 2.39. The molecule has 17 heavy (non-hydrogen) atoms. The average Bonchev–Trinajstić information content (AvgIpc) is 2.19. The van der Waals surface area contributed by atoms with E-state index in [1.54, 1.807) is 25.1 Å². The third kappa shape index (κ3) is 4.91. The molecule has 0 radical (unpaired) electrons. The van der Waals surface area contributed by atoms with Gasteiger partial charge in [-0.15, -0.1) is 0 Å². The number of carbonyl (C=O) groups is 1. The van der Waals surface area contributed by atoms with Gasteiger partial charge in [-0.2, -0.15) is 0 Å². The fraction of sp³-hybridized carbons (Fsp3) is 0.333. The first kappa shape index (κ1) is 13.6. The second kappa shape index (κ2) is 6.30. The molecule has 5 heteroatoms. The van der Waals surface area contributed by atoms with Crippen LogP contribution in [0.1, 0.15) is 18.9 Å². The van der Waals surface area contributed by atoms with Gasteiger partial charge in [0.15, 0.2) is 0 Å². The van der Waals surface area contributed by atoms with E-state index in [1.165, 1.54) is 6.07 Å². The Hall–Kier alpha value is -1.49. The van der Waals surface area contributed by atoms with Gasteiger partial charge in [0, 0.05) is 12.5 Å². The Morgan fingerprint density at radius 1 is 1.53 bits per heavy atom. The fourth-order valence-electron chi connectivity index (χ4n) is 1.49.